The zero-order chi connectivity index (χ0) is 40.3. The van der Waals surface area contributed by atoms with E-state index in [9.17, 15) is 43.5 Å². The quantitative estimate of drug-likeness (QED) is 0.0939. The van der Waals surface area contributed by atoms with E-state index in [0.29, 0.717) is 5.56 Å². The zero-order valence-corrected chi connectivity index (χ0v) is 31.2. The van der Waals surface area contributed by atoms with Crippen LogP contribution in [0.1, 0.15) is 58.2 Å². The fourth-order valence-electron chi connectivity index (χ4n) is 6.54. The minimum absolute atomic E-state index is 0.118. The van der Waals surface area contributed by atoms with Crippen LogP contribution in [0.15, 0.2) is 78.9 Å². The molecule has 292 valence electrons. The summed E-state index contributed by atoms with van der Waals surface area (Å²) < 4.78 is 9.72. The summed E-state index contributed by atoms with van der Waals surface area (Å²) in [5, 5.41) is 19.1. The molecule has 7 amide bonds. The first-order chi connectivity index (χ1) is 26.7. The van der Waals surface area contributed by atoms with Crippen LogP contribution in [0.4, 0.5) is 4.79 Å². The third-order valence-electron chi connectivity index (χ3n) is 9.44. The van der Waals surface area contributed by atoms with Gasteiger partial charge in [0.15, 0.2) is 6.73 Å². The summed E-state index contributed by atoms with van der Waals surface area (Å²) in [5.41, 5.74) is 1.24. The van der Waals surface area contributed by atoms with Gasteiger partial charge in [-0.3, -0.25) is 28.8 Å². The second-order valence-electron chi connectivity index (χ2n) is 13.6. The van der Waals surface area contributed by atoms with Gasteiger partial charge in [-0.1, -0.05) is 54.6 Å². The van der Waals surface area contributed by atoms with Gasteiger partial charge < -0.3 is 40.7 Å². The minimum Gasteiger partial charge on any atom is -0.508 e. The Morgan fingerprint density at radius 3 is 2.09 bits per heavy atom. The number of hydrogen-bond acceptors (Lipinski definition) is 12. The number of fused-ring (bicyclic) bond motifs is 2. The Morgan fingerprint density at radius 2 is 1.46 bits per heavy atom. The summed E-state index contributed by atoms with van der Waals surface area (Å²) >= 11 is 1.22. The summed E-state index contributed by atoms with van der Waals surface area (Å²) in [6.07, 6.45) is -1.51. The van der Waals surface area contributed by atoms with Crippen molar-refractivity contribution >= 4 is 59.3 Å². The van der Waals surface area contributed by atoms with Gasteiger partial charge in [-0.05, 0) is 49.2 Å². The van der Waals surface area contributed by atoms with Crippen LogP contribution >= 0.6 is 11.8 Å². The number of amides is 7. The first-order valence-corrected chi connectivity index (χ1v) is 18.3. The fraction of sp³-hybridized carbons (Fsp3) is 0.316. The first kappa shape index (κ1) is 39.3. The highest BCUT2D eigenvalue weighted by molar-refractivity contribution is 8.01. The van der Waals surface area contributed by atoms with Crippen LogP contribution in [0.5, 0.6) is 5.75 Å². The van der Waals surface area contributed by atoms with Crippen molar-refractivity contribution in [3.05, 3.63) is 101 Å². The number of rotatable bonds is 13. The number of carbonyl (C=O) groups is 8. The molecule has 3 aliphatic heterocycles. The third-order valence-corrected chi connectivity index (χ3v) is 11.0. The van der Waals surface area contributed by atoms with Gasteiger partial charge in [0, 0.05) is 11.8 Å². The Kier molecular flexibility index (Phi) is 11.3. The summed E-state index contributed by atoms with van der Waals surface area (Å²) in [5.74, 6) is -5.22. The molecule has 0 spiro atoms. The Morgan fingerprint density at radius 1 is 0.839 bits per heavy atom. The van der Waals surface area contributed by atoms with Gasteiger partial charge in [-0.15, -0.1) is 11.8 Å². The van der Waals surface area contributed by atoms with Gasteiger partial charge in [-0.2, -0.15) is 0 Å². The number of nitrogens with one attached hydrogen (secondary N) is 4. The molecule has 0 bridgehead atoms. The molecule has 18 heteroatoms. The number of phenols is 1. The molecular formula is C38H38N6O11S. The topological polar surface area (TPSA) is 230 Å². The van der Waals surface area contributed by atoms with Gasteiger partial charge in [0.05, 0.1) is 17.5 Å². The lowest BCUT2D eigenvalue weighted by Gasteiger charge is -2.44. The number of esters is 1. The van der Waals surface area contributed by atoms with Crippen LogP contribution in [0.2, 0.25) is 0 Å². The van der Waals surface area contributed by atoms with E-state index in [1.54, 1.807) is 56.3 Å². The van der Waals surface area contributed by atoms with Crippen molar-refractivity contribution in [3.63, 3.8) is 0 Å². The molecule has 3 aromatic rings. The molecule has 0 aromatic heterocycles. The number of alkyl carbamates (subject to hydrolysis) is 1. The summed E-state index contributed by atoms with van der Waals surface area (Å²) in [6.45, 7) is 2.64. The highest BCUT2D eigenvalue weighted by Crippen LogP contribution is 2.51. The van der Waals surface area contributed by atoms with Gasteiger partial charge in [-0.25, -0.2) is 14.5 Å². The van der Waals surface area contributed by atoms with Crippen molar-refractivity contribution in [3.8, 4) is 5.75 Å². The molecule has 6 rings (SSSR count). The second kappa shape index (κ2) is 16.1. The molecule has 2 saturated heterocycles. The van der Waals surface area contributed by atoms with Crippen molar-refractivity contribution in [2.75, 3.05) is 13.8 Å². The van der Waals surface area contributed by atoms with Crippen molar-refractivity contribution in [2.24, 2.45) is 0 Å². The van der Waals surface area contributed by atoms with Crippen molar-refractivity contribution < 1.29 is 52.9 Å². The summed E-state index contributed by atoms with van der Waals surface area (Å²) in [7, 11) is 1.35. The molecule has 56 heavy (non-hydrogen) atoms. The number of nitrogens with zero attached hydrogens (tertiary/aromatic N) is 2. The predicted octanol–water partition coefficient (Wildman–Crippen LogP) is 1.32. The molecule has 2 unspecified atom stereocenters. The van der Waals surface area contributed by atoms with E-state index in [1.165, 1.54) is 60.1 Å². The van der Waals surface area contributed by atoms with Gasteiger partial charge in [0.25, 0.3) is 11.8 Å². The Labute approximate surface area is 324 Å². The predicted molar refractivity (Wildman–Crippen MR) is 197 cm³/mol. The third kappa shape index (κ3) is 8.00. The van der Waals surface area contributed by atoms with Crippen molar-refractivity contribution in [1.82, 2.24) is 31.1 Å². The number of aromatic hydroxyl groups is 1. The number of hydrogen-bond donors (Lipinski definition) is 5. The Balaban J connectivity index is 1.13. The van der Waals surface area contributed by atoms with Gasteiger partial charge >= 0.3 is 12.1 Å². The van der Waals surface area contributed by atoms with Crippen molar-refractivity contribution in [2.45, 2.75) is 61.2 Å². The largest absolute Gasteiger partial charge is 0.508 e. The first-order valence-electron chi connectivity index (χ1n) is 17.4. The number of thioether (sulfide) groups is 1. The molecule has 17 nitrogen and oxygen atoms in total. The number of β-lactam (4-membered cyclic amide) rings is 1. The van der Waals surface area contributed by atoms with Crippen LogP contribution < -0.4 is 21.3 Å². The van der Waals surface area contributed by atoms with Crippen LogP contribution in [0.25, 0.3) is 0 Å². The van der Waals surface area contributed by atoms with Crippen LogP contribution in [-0.2, 0) is 40.1 Å². The molecule has 2 fully saturated rings. The lowest BCUT2D eigenvalue weighted by atomic mass is 9.95. The maximum absolute atomic E-state index is 13.9. The minimum atomic E-state index is -1.50. The fourth-order valence-corrected chi connectivity index (χ4v) is 8.16. The van der Waals surface area contributed by atoms with Crippen LogP contribution in [0.3, 0.4) is 0 Å². The van der Waals surface area contributed by atoms with Gasteiger partial charge in [0.2, 0.25) is 23.6 Å². The molecule has 3 aliphatic rings. The normalized spacial score (nSPS) is 20.1. The average Bonchev–Trinajstić information content (AvgIpc) is 3.59. The van der Waals surface area contributed by atoms with E-state index in [2.05, 4.69) is 21.3 Å². The highest BCUT2D eigenvalue weighted by atomic mass is 32.2. The Hall–Kier alpha value is -6.43. The molecular weight excluding hydrogens is 749 g/mol. The SMILES string of the molecule is CNC(=O)CC(NC(=O)OCc1ccccc1)C(=O)NC(C(=O)N[C@@H]1C(=O)N2[C@@H]1SC(C)(C)[C@@H]2C(=O)OCN1C(=O)c2ccccc2C1=O)c1ccc(O)cc1. The molecule has 0 saturated carbocycles. The molecule has 0 aliphatic carbocycles. The van der Waals surface area contributed by atoms with Crippen LogP contribution in [0, 0.1) is 0 Å². The number of phenolic OH excluding ortho intramolecular Hbond substituents is 1. The monoisotopic (exact) mass is 786 g/mol. The molecule has 5 N–H and O–H groups in total. The second-order valence-corrected chi connectivity index (χ2v) is 15.4. The maximum atomic E-state index is 13.9. The van der Waals surface area contributed by atoms with E-state index in [-0.39, 0.29) is 29.0 Å². The van der Waals surface area contributed by atoms with E-state index < -0.39 is 94.9 Å². The lowest BCUT2D eigenvalue weighted by Crippen LogP contribution is -2.71. The smallest absolute Gasteiger partial charge is 0.408 e. The lowest BCUT2D eigenvalue weighted by molar-refractivity contribution is -0.166. The number of ether oxygens (including phenoxy) is 2. The molecule has 3 aromatic carbocycles. The zero-order valence-electron chi connectivity index (χ0n) is 30.3. The maximum Gasteiger partial charge on any atom is 0.408 e. The number of imide groups is 1. The molecule has 3 heterocycles. The highest BCUT2D eigenvalue weighted by Gasteiger charge is 2.64. The molecule has 0 radical (unpaired) electrons. The van der Waals surface area contributed by atoms with E-state index >= 15 is 0 Å². The van der Waals surface area contributed by atoms with E-state index in [4.69, 9.17) is 9.47 Å². The standard InChI is InChI=1S/C38H38N6O11S/c1-38(2)29(36(52)55-19-43-32(49)23-11-7-8-12-24(23)33(43)50)44-34(51)28(35(44)56-38)42-31(48)27(21-13-15-22(45)16-14-21)41-30(47)25(17-26(46)39-3)40-37(53)54-18-20-9-5-4-6-10-20/h4-16,25,27-29,35,45H,17-19H2,1-3H3,(H,39,46)(H,40,53)(H,41,47)(H,42,48)/t25?,27?,28-,29+,35-/m1/s1. The number of benzene rings is 3. The van der Waals surface area contributed by atoms with E-state index in [1.807, 2.05) is 0 Å². The average molecular weight is 787 g/mol. The van der Waals surface area contributed by atoms with Gasteiger partial charge in [0.1, 0.15) is 41.9 Å². The van der Waals surface area contributed by atoms with Crippen molar-refractivity contribution in [1.29, 1.82) is 0 Å². The Bertz CT molecular complexity index is 2040. The summed E-state index contributed by atoms with van der Waals surface area (Å²) in [4.78, 5) is 107. The molecule has 5 atom stereocenters. The van der Waals surface area contributed by atoms with Crippen LogP contribution in [-0.4, -0.2) is 104 Å². The summed E-state index contributed by atoms with van der Waals surface area (Å²) in [6, 6.07) is 15.0. The van der Waals surface area contributed by atoms with E-state index in [0.717, 1.165) is 4.90 Å². The number of carbonyl (C=O) groups excluding carboxylic acids is 8.